The molecule has 2 atom stereocenters. The highest BCUT2D eigenvalue weighted by Crippen LogP contribution is 2.16. The number of nitrogens with one attached hydrogen (secondary N) is 2. The van der Waals surface area contributed by atoms with Crippen molar-refractivity contribution in [1.29, 1.82) is 0 Å². The molecule has 0 spiro atoms. The first-order chi connectivity index (χ1) is 16.0. The van der Waals surface area contributed by atoms with E-state index in [4.69, 9.17) is 0 Å². The molecular formula is C23H24F3N3O5. The van der Waals surface area contributed by atoms with Crippen LogP contribution in [0.5, 0.6) is 0 Å². The highest BCUT2D eigenvalue weighted by Gasteiger charge is 2.32. The molecule has 0 unspecified atom stereocenters. The van der Waals surface area contributed by atoms with Crippen LogP contribution in [0.25, 0.3) is 0 Å². The summed E-state index contributed by atoms with van der Waals surface area (Å²) in [6.07, 6.45) is -3.96. The summed E-state index contributed by atoms with van der Waals surface area (Å²) in [7, 11) is 0. The average Bonchev–Trinajstić information content (AvgIpc) is 2.81. The number of hydrogen-bond donors (Lipinski definition) is 2. The van der Waals surface area contributed by atoms with Crippen LogP contribution in [0.15, 0.2) is 54.7 Å². The first-order valence-corrected chi connectivity index (χ1v) is 10.3. The average molecular weight is 479 g/mol. The fourth-order valence-electron chi connectivity index (χ4n) is 2.95. The van der Waals surface area contributed by atoms with Gasteiger partial charge in [-0.25, -0.2) is 0 Å². The van der Waals surface area contributed by atoms with Crippen molar-refractivity contribution in [3.63, 3.8) is 0 Å². The largest absolute Gasteiger partial charge is 0.522 e. The van der Waals surface area contributed by atoms with Gasteiger partial charge >= 0.3 is 6.36 Å². The Bertz CT molecular complexity index is 984. The molecule has 2 aromatic rings. The van der Waals surface area contributed by atoms with E-state index < -0.39 is 54.7 Å². The molecule has 2 rings (SSSR count). The highest BCUT2D eigenvalue weighted by atomic mass is 19.4. The van der Waals surface area contributed by atoms with Crippen molar-refractivity contribution in [3.05, 3.63) is 66.0 Å². The number of benzene rings is 1. The van der Waals surface area contributed by atoms with Gasteiger partial charge in [-0.3, -0.25) is 28.9 Å². The number of alkyl halides is 3. The number of amides is 2. The van der Waals surface area contributed by atoms with Gasteiger partial charge in [0.2, 0.25) is 11.7 Å². The van der Waals surface area contributed by atoms with Gasteiger partial charge in [-0.05, 0) is 17.7 Å². The number of pyridine rings is 1. The molecule has 11 heteroatoms. The number of halogens is 3. The predicted molar refractivity (Wildman–Crippen MR) is 114 cm³/mol. The zero-order valence-corrected chi connectivity index (χ0v) is 18.3. The summed E-state index contributed by atoms with van der Waals surface area (Å²) < 4.78 is 39.8. The smallest absolute Gasteiger partial charge is 0.345 e. The van der Waals surface area contributed by atoms with Crippen molar-refractivity contribution in [2.75, 3.05) is 6.61 Å². The van der Waals surface area contributed by atoms with Crippen LogP contribution in [-0.4, -0.2) is 47.4 Å². The number of aromatic nitrogens is 1. The lowest BCUT2D eigenvalue weighted by Gasteiger charge is -2.20. The molecule has 0 bridgehead atoms. The van der Waals surface area contributed by atoms with Gasteiger partial charge in [0.25, 0.3) is 5.91 Å². The van der Waals surface area contributed by atoms with Crippen molar-refractivity contribution in [2.45, 2.75) is 38.7 Å². The summed E-state index contributed by atoms with van der Waals surface area (Å²) in [4.78, 5) is 53.6. The monoisotopic (exact) mass is 479 g/mol. The molecule has 0 saturated heterocycles. The number of rotatable bonds is 12. The number of nitrogens with zero attached hydrogens (tertiary/aromatic N) is 1. The Balaban J connectivity index is 2.02. The van der Waals surface area contributed by atoms with Crippen LogP contribution >= 0.6 is 0 Å². The molecule has 0 aliphatic rings. The Hall–Kier alpha value is -3.60. The summed E-state index contributed by atoms with van der Waals surface area (Å²) in [5.74, 6) is -4.58. The second-order valence-electron chi connectivity index (χ2n) is 7.50. The summed E-state index contributed by atoms with van der Waals surface area (Å²) in [6, 6.07) is 12.5. The second-order valence-corrected chi connectivity index (χ2v) is 7.50. The fourth-order valence-corrected chi connectivity index (χ4v) is 2.95. The van der Waals surface area contributed by atoms with Gasteiger partial charge in [0.15, 0.2) is 5.78 Å². The molecule has 2 amide bonds. The van der Waals surface area contributed by atoms with Crippen molar-refractivity contribution in [3.8, 4) is 0 Å². The SMILES string of the molecule is C[C@@H](CC(=O)COC(F)(F)F)C(=O)N[C@H](Cc1ccccc1)C(=O)C(=O)NCc1ccccn1. The van der Waals surface area contributed by atoms with Gasteiger partial charge in [-0.2, -0.15) is 0 Å². The lowest BCUT2D eigenvalue weighted by atomic mass is 9.99. The zero-order chi connectivity index (χ0) is 25.1. The van der Waals surface area contributed by atoms with Crippen LogP contribution in [-0.2, 0) is 36.9 Å². The van der Waals surface area contributed by atoms with E-state index in [0.717, 1.165) is 0 Å². The van der Waals surface area contributed by atoms with E-state index in [0.29, 0.717) is 11.3 Å². The maximum absolute atomic E-state index is 12.8. The maximum atomic E-state index is 12.8. The van der Waals surface area contributed by atoms with Crippen LogP contribution in [0.4, 0.5) is 13.2 Å². The molecule has 0 radical (unpaired) electrons. The topological polar surface area (TPSA) is 114 Å². The molecule has 0 saturated carbocycles. The van der Waals surface area contributed by atoms with Gasteiger partial charge in [0.05, 0.1) is 12.2 Å². The summed E-state index contributed by atoms with van der Waals surface area (Å²) >= 11 is 0. The number of carbonyl (C=O) groups is 4. The standard InChI is InChI=1S/C23H24F3N3O5/c1-15(11-18(30)14-34-23(24,25)26)21(32)29-19(12-16-7-3-2-4-8-16)20(31)22(33)28-13-17-9-5-6-10-27-17/h2-10,15,19H,11-14H2,1H3,(H,28,33)(H,29,32)/t15-,19+/m0/s1. The number of hydrogen-bond acceptors (Lipinski definition) is 6. The van der Waals surface area contributed by atoms with Crippen molar-refractivity contribution in [1.82, 2.24) is 15.6 Å². The maximum Gasteiger partial charge on any atom is 0.522 e. The van der Waals surface area contributed by atoms with Crippen LogP contribution in [0, 0.1) is 5.92 Å². The van der Waals surface area contributed by atoms with Crippen molar-refractivity contribution >= 4 is 23.4 Å². The van der Waals surface area contributed by atoms with E-state index in [1.165, 1.54) is 13.1 Å². The van der Waals surface area contributed by atoms with Crippen LogP contribution in [0.1, 0.15) is 24.6 Å². The molecule has 34 heavy (non-hydrogen) atoms. The van der Waals surface area contributed by atoms with E-state index in [9.17, 15) is 32.3 Å². The number of Topliss-reactive ketones (excluding diaryl/α,β-unsaturated/α-hetero) is 2. The van der Waals surface area contributed by atoms with Crippen LogP contribution in [0.3, 0.4) is 0 Å². The number of ether oxygens (including phenoxy) is 1. The third-order valence-corrected chi connectivity index (χ3v) is 4.67. The minimum atomic E-state index is -4.96. The lowest BCUT2D eigenvalue weighted by molar-refractivity contribution is -0.320. The quantitative estimate of drug-likeness (QED) is 0.451. The van der Waals surface area contributed by atoms with E-state index in [1.54, 1.807) is 48.5 Å². The summed E-state index contributed by atoms with van der Waals surface area (Å²) in [6.45, 7) is 0.108. The summed E-state index contributed by atoms with van der Waals surface area (Å²) in [5, 5.41) is 4.89. The molecule has 1 aromatic heterocycles. The molecule has 182 valence electrons. The fraction of sp³-hybridized carbons (Fsp3) is 0.348. The molecule has 1 aromatic carbocycles. The number of carbonyl (C=O) groups excluding carboxylic acids is 4. The number of ketones is 2. The normalized spacial score (nSPS) is 12.9. The van der Waals surface area contributed by atoms with E-state index in [2.05, 4.69) is 20.4 Å². The van der Waals surface area contributed by atoms with Gasteiger partial charge in [0.1, 0.15) is 12.6 Å². The van der Waals surface area contributed by atoms with Gasteiger partial charge in [-0.1, -0.05) is 43.3 Å². The van der Waals surface area contributed by atoms with E-state index >= 15 is 0 Å². The van der Waals surface area contributed by atoms with Crippen molar-refractivity contribution in [2.24, 2.45) is 5.92 Å². The van der Waals surface area contributed by atoms with Crippen molar-refractivity contribution < 1.29 is 37.1 Å². The Morgan fingerprint density at radius 3 is 2.32 bits per heavy atom. The molecule has 1 heterocycles. The Kier molecular flexibility index (Phi) is 9.87. The lowest BCUT2D eigenvalue weighted by Crippen LogP contribution is -2.50. The second kappa shape index (κ2) is 12.6. The van der Waals surface area contributed by atoms with Crippen LogP contribution in [0.2, 0.25) is 0 Å². The third kappa shape index (κ3) is 9.49. The van der Waals surface area contributed by atoms with Gasteiger partial charge < -0.3 is 10.6 Å². The molecule has 0 aliphatic heterocycles. The molecule has 2 N–H and O–H groups in total. The minimum Gasteiger partial charge on any atom is -0.345 e. The predicted octanol–water partition coefficient (Wildman–Crippen LogP) is 2.13. The Morgan fingerprint density at radius 2 is 1.71 bits per heavy atom. The molecular weight excluding hydrogens is 455 g/mol. The zero-order valence-electron chi connectivity index (χ0n) is 18.3. The molecule has 0 aliphatic carbocycles. The third-order valence-electron chi connectivity index (χ3n) is 4.67. The van der Waals surface area contributed by atoms with Gasteiger partial charge in [-0.15, -0.1) is 13.2 Å². The van der Waals surface area contributed by atoms with E-state index in [-0.39, 0.29) is 13.0 Å². The molecule has 0 fully saturated rings. The minimum absolute atomic E-state index is 0.000269. The highest BCUT2D eigenvalue weighted by molar-refractivity contribution is 6.38. The molecule has 8 nitrogen and oxygen atoms in total. The first kappa shape index (κ1) is 26.7. The Labute approximate surface area is 193 Å². The first-order valence-electron chi connectivity index (χ1n) is 10.3. The van der Waals surface area contributed by atoms with E-state index in [1.807, 2.05) is 0 Å². The van der Waals surface area contributed by atoms with Gasteiger partial charge in [0, 0.05) is 25.0 Å². The Morgan fingerprint density at radius 1 is 1.03 bits per heavy atom. The van der Waals surface area contributed by atoms with Crippen LogP contribution < -0.4 is 10.6 Å². The summed E-state index contributed by atoms with van der Waals surface area (Å²) in [5.41, 5.74) is 1.20.